The Morgan fingerprint density at radius 3 is 2.53 bits per heavy atom. The molecule has 0 aromatic carbocycles. The van der Waals surface area contributed by atoms with Crippen LogP contribution in [0.5, 0.6) is 0 Å². The van der Waals surface area contributed by atoms with Gasteiger partial charge in [0.15, 0.2) is 5.82 Å². The highest BCUT2D eigenvalue weighted by molar-refractivity contribution is 5.96. The fraction of sp³-hybridized carbons (Fsp3) is 0. The molecule has 8 heteroatoms. The van der Waals surface area contributed by atoms with Gasteiger partial charge in [-0.05, 0) is 0 Å². The lowest BCUT2D eigenvalue weighted by molar-refractivity contribution is 0.0838. The highest BCUT2D eigenvalue weighted by Gasteiger charge is 2.10. The molecule has 3 N–H and O–H groups in total. The molecule has 0 spiro atoms. The summed E-state index contributed by atoms with van der Waals surface area (Å²) >= 11 is 0. The van der Waals surface area contributed by atoms with Crippen molar-refractivity contribution in [1.29, 1.82) is 0 Å². The van der Waals surface area contributed by atoms with E-state index < -0.39 is 11.8 Å². The standard InChI is InChI=1S/C9H8N6O2/c16-8(6-5-10-1-2-11-6)14-15-9(17)7-12-3-4-13-7/h1-5H,(H,12,13)(H,14,16)(H,15,17). The van der Waals surface area contributed by atoms with Crippen LogP contribution >= 0.6 is 0 Å². The third-order valence-corrected chi connectivity index (χ3v) is 1.80. The van der Waals surface area contributed by atoms with Gasteiger partial charge in [-0.15, -0.1) is 0 Å². The number of aromatic amines is 1. The Bertz CT molecular complexity index is 510. The number of hydrogen-bond acceptors (Lipinski definition) is 5. The van der Waals surface area contributed by atoms with E-state index in [1.54, 1.807) is 0 Å². The van der Waals surface area contributed by atoms with E-state index in [-0.39, 0.29) is 11.5 Å². The molecule has 2 rings (SSSR count). The summed E-state index contributed by atoms with van der Waals surface area (Å²) in [5, 5.41) is 0. The largest absolute Gasteiger partial charge is 0.340 e. The van der Waals surface area contributed by atoms with Crippen LogP contribution in [0.1, 0.15) is 21.1 Å². The van der Waals surface area contributed by atoms with E-state index in [0.29, 0.717) is 0 Å². The maximum Gasteiger partial charge on any atom is 0.305 e. The van der Waals surface area contributed by atoms with E-state index in [1.165, 1.54) is 31.0 Å². The molecule has 0 saturated heterocycles. The van der Waals surface area contributed by atoms with Crippen LogP contribution < -0.4 is 10.9 Å². The summed E-state index contributed by atoms with van der Waals surface area (Å²) in [4.78, 5) is 36.7. The topological polar surface area (TPSA) is 113 Å². The van der Waals surface area contributed by atoms with Crippen molar-refractivity contribution in [2.24, 2.45) is 0 Å². The highest BCUT2D eigenvalue weighted by atomic mass is 16.2. The van der Waals surface area contributed by atoms with Crippen molar-refractivity contribution in [3.05, 3.63) is 42.5 Å². The average molecular weight is 232 g/mol. The van der Waals surface area contributed by atoms with E-state index >= 15 is 0 Å². The van der Waals surface area contributed by atoms with Crippen LogP contribution in [-0.4, -0.2) is 31.8 Å². The van der Waals surface area contributed by atoms with Gasteiger partial charge in [0.1, 0.15) is 5.69 Å². The first kappa shape index (κ1) is 10.7. The molecule has 0 aliphatic heterocycles. The number of H-pyrrole nitrogens is 1. The minimum absolute atomic E-state index is 0.101. The van der Waals surface area contributed by atoms with Gasteiger partial charge in [-0.25, -0.2) is 9.97 Å². The number of imidazole rings is 1. The Kier molecular flexibility index (Phi) is 3.05. The van der Waals surface area contributed by atoms with Gasteiger partial charge in [-0.2, -0.15) is 0 Å². The molecule has 0 atom stereocenters. The smallest absolute Gasteiger partial charge is 0.305 e. The third-order valence-electron chi connectivity index (χ3n) is 1.80. The SMILES string of the molecule is O=C(NNC(=O)c1ncc[nH]1)c1cnccn1. The minimum atomic E-state index is -0.557. The van der Waals surface area contributed by atoms with Gasteiger partial charge in [0, 0.05) is 24.8 Å². The van der Waals surface area contributed by atoms with Crippen LogP contribution in [0.3, 0.4) is 0 Å². The van der Waals surface area contributed by atoms with Crippen LogP contribution in [0.4, 0.5) is 0 Å². The van der Waals surface area contributed by atoms with Gasteiger partial charge >= 0.3 is 5.91 Å². The Morgan fingerprint density at radius 1 is 1.06 bits per heavy atom. The van der Waals surface area contributed by atoms with E-state index in [1.807, 2.05) is 0 Å². The van der Waals surface area contributed by atoms with Crippen molar-refractivity contribution in [2.45, 2.75) is 0 Å². The summed E-state index contributed by atoms with van der Waals surface area (Å²) < 4.78 is 0. The Morgan fingerprint density at radius 2 is 1.88 bits per heavy atom. The molecule has 0 unspecified atom stereocenters. The fourth-order valence-electron chi connectivity index (χ4n) is 1.04. The summed E-state index contributed by atoms with van der Waals surface area (Å²) in [5.41, 5.74) is 4.47. The second kappa shape index (κ2) is 4.84. The quantitative estimate of drug-likeness (QED) is 0.591. The average Bonchev–Trinajstić information content (AvgIpc) is 2.90. The number of aromatic nitrogens is 4. The lowest BCUT2D eigenvalue weighted by Gasteiger charge is -2.04. The number of carbonyl (C=O) groups excluding carboxylic acids is 2. The second-order valence-corrected chi connectivity index (χ2v) is 2.94. The first-order valence-corrected chi connectivity index (χ1v) is 4.63. The predicted molar refractivity (Wildman–Crippen MR) is 55.6 cm³/mol. The summed E-state index contributed by atoms with van der Waals surface area (Å²) in [6.45, 7) is 0. The molecule has 0 bridgehead atoms. The Labute approximate surface area is 95.5 Å². The molecule has 2 aromatic heterocycles. The highest BCUT2D eigenvalue weighted by Crippen LogP contribution is 1.89. The van der Waals surface area contributed by atoms with Gasteiger partial charge < -0.3 is 4.98 Å². The molecule has 0 radical (unpaired) electrons. The molecule has 0 aliphatic rings. The van der Waals surface area contributed by atoms with Crippen molar-refractivity contribution in [3.63, 3.8) is 0 Å². The second-order valence-electron chi connectivity index (χ2n) is 2.94. The zero-order valence-corrected chi connectivity index (χ0v) is 8.54. The van der Waals surface area contributed by atoms with Crippen molar-refractivity contribution >= 4 is 11.8 Å². The van der Waals surface area contributed by atoms with E-state index in [4.69, 9.17) is 0 Å². The predicted octanol–water partition coefficient (Wildman–Crippen LogP) is -0.726. The number of nitrogens with zero attached hydrogens (tertiary/aromatic N) is 3. The van der Waals surface area contributed by atoms with Crippen molar-refractivity contribution in [1.82, 2.24) is 30.8 Å². The van der Waals surface area contributed by atoms with E-state index in [9.17, 15) is 9.59 Å². The van der Waals surface area contributed by atoms with Crippen molar-refractivity contribution in [3.8, 4) is 0 Å². The van der Waals surface area contributed by atoms with Crippen LogP contribution in [0.15, 0.2) is 31.0 Å². The Balaban J connectivity index is 1.91. The molecule has 2 heterocycles. The van der Waals surface area contributed by atoms with Gasteiger partial charge in [0.25, 0.3) is 5.91 Å². The van der Waals surface area contributed by atoms with E-state index in [0.717, 1.165) is 0 Å². The van der Waals surface area contributed by atoms with Crippen LogP contribution in [-0.2, 0) is 0 Å². The van der Waals surface area contributed by atoms with E-state index in [2.05, 4.69) is 30.8 Å². The molecule has 0 aliphatic carbocycles. The van der Waals surface area contributed by atoms with Gasteiger partial charge in [-0.1, -0.05) is 0 Å². The minimum Gasteiger partial charge on any atom is -0.340 e. The maximum absolute atomic E-state index is 11.5. The van der Waals surface area contributed by atoms with Crippen LogP contribution in [0.2, 0.25) is 0 Å². The molecular formula is C9H8N6O2. The number of rotatable bonds is 2. The maximum atomic E-state index is 11.5. The number of carbonyl (C=O) groups is 2. The van der Waals surface area contributed by atoms with Crippen LogP contribution in [0, 0.1) is 0 Å². The fourth-order valence-corrected chi connectivity index (χ4v) is 1.04. The summed E-state index contributed by atoms with van der Waals surface area (Å²) in [6.07, 6.45) is 7.04. The monoisotopic (exact) mass is 232 g/mol. The number of nitrogens with one attached hydrogen (secondary N) is 3. The first-order valence-electron chi connectivity index (χ1n) is 4.63. The molecule has 0 fully saturated rings. The number of hydrazine groups is 1. The van der Waals surface area contributed by atoms with Crippen molar-refractivity contribution < 1.29 is 9.59 Å². The molecular weight excluding hydrogens is 224 g/mol. The molecule has 0 saturated carbocycles. The van der Waals surface area contributed by atoms with Gasteiger partial charge in [0.05, 0.1) is 6.20 Å². The zero-order chi connectivity index (χ0) is 12.1. The Hall–Kier alpha value is -2.77. The van der Waals surface area contributed by atoms with Gasteiger partial charge in [0.2, 0.25) is 0 Å². The first-order chi connectivity index (χ1) is 8.27. The molecule has 17 heavy (non-hydrogen) atoms. The summed E-state index contributed by atoms with van der Waals surface area (Å²) in [7, 11) is 0. The molecule has 86 valence electrons. The van der Waals surface area contributed by atoms with Gasteiger partial charge in [-0.3, -0.25) is 25.4 Å². The number of hydrogen-bond donors (Lipinski definition) is 3. The third kappa shape index (κ3) is 2.62. The summed E-state index contributed by atoms with van der Waals surface area (Å²) in [6, 6.07) is 0. The lowest BCUT2D eigenvalue weighted by Crippen LogP contribution is -2.42. The number of amides is 2. The van der Waals surface area contributed by atoms with Crippen molar-refractivity contribution in [2.75, 3.05) is 0 Å². The lowest BCUT2D eigenvalue weighted by atomic mass is 10.4. The molecule has 8 nitrogen and oxygen atoms in total. The normalized spacial score (nSPS) is 9.65. The summed E-state index contributed by atoms with van der Waals surface area (Å²) in [5.74, 6) is -1.00. The molecule has 2 amide bonds. The van der Waals surface area contributed by atoms with Crippen LogP contribution in [0.25, 0.3) is 0 Å². The zero-order valence-electron chi connectivity index (χ0n) is 8.54. The molecule has 2 aromatic rings.